The Morgan fingerprint density at radius 1 is 1.29 bits per heavy atom. The molecule has 0 heterocycles. The van der Waals surface area contributed by atoms with Gasteiger partial charge in [-0.15, -0.1) is 0 Å². The highest BCUT2D eigenvalue weighted by Gasteiger charge is 2.29. The van der Waals surface area contributed by atoms with Crippen LogP contribution in [0.1, 0.15) is 20.8 Å². The summed E-state index contributed by atoms with van der Waals surface area (Å²) in [5.41, 5.74) is 0.781. The van der Waals surface area contributed by atoms with Crippen LogP contribution >= 0.6 is 15.9 Å². The van der Waals surface area contributed by atoms with E-state index in [9.17, 15) is 9.59 Å². The first-order valence-corrected chi connectivity index (χ1v) is 7.54. The maximum absolute atomic E-state index is 12.5. The summed E-state index contributed by atoms with van der Waals surface area (Å²) in [6.45, 7) is 5.97. The van der Waals surface area contributed by atoms with Crippen molar-refractivity contribution >= 4 is 33.5 Å². The Morgan fingerprint density at radius 3 is 2.43 bits per heavy atom. The number of anilines is 1. The molecule has 1 aromatic rings. The van der Waals surface area contributed by atoms with Gasteiger partial charge in [0.05, 0.1) is 10.9 Å². The molecule has 0 saturated heterocycles. The van der Waals surface area contributed by atoms with Gasteiger partial charge >= 0.3 is 5.97 Å². The highest BCUT2D eigenvalue weighted by molar-refractivity contribution is 9.10. The number of halogens is 1. The fourth-order valence-electron chi connectivity index (χ4n) is 1.68. The molecular weight excluding hydrogens is 334 g/mol. The van der Waals surface area contributed by atoms with Crippen molar-refractivity contribution in [2.75, 3.05) is 18.1 Å². The number of benzene rings is 1. The molecule has 0 aliphatic carbocycles. The van der Waals surface area contributed by atoms with Crippen LogP contribution in [-0.4, -0.2) is 29.4 Å². The summed E-state index contributed by atoms with van der Waals surface area (Å²) in [4.78, 5) is 25.4. The third-order valence-electron chi connectivity index (χ3n) is 2.65. The first-order chi connectivity index (χ1) is 9.86. The Morgan fingerprint density at radius 2 is 1.90 bits per heavy atom. The van der Waals surface area contributed by atoms with E-state index in [2.05, 4.69) is 15.9 Å². The van der Waals surface area contributed by atoms with E-state index in [4.69, 9.17) is 4.74 Å². The molecule has 0 aliphatic rings. The van der Waals surface area contributed by atoms with Crippen molar-refractivity contribution in [2.24, 2.45) is 0 Å². The predicted molar refractivity (Wildman–Crippen MR) is 87.6 cm³/mol. The lowest BCUT2D eigenvalue weighted by Crippen LogP contribution is -2.42. The normalized spacial score (nSPS) is 11.4. The summed E-state index contributed by atoms with van der Waals surface area (Å²) in [5, 5.41) is 0. The average molecular weight is 354 g/mol. The van der Waals surface area contributed by atoms with Crippen molar-refractivity contribution in [3.05, 3.63) is 42.5 Å². The van der Waals surface area contributed by atoms with Crippen molar-refractivity contribution in [2.45, 2.75) is 25.1 Å². The van der Waals surface area contributed by atoms with Gasteiger partial charge in [0.25, 0.3) is 0 Å². The lowest BCUT2D eigenvalue weighted by Gasteiger charge is -2.27. The summed E-state index contributed by atoms with van der Waals surface area (Å²) >= 11 is 3.38. The van der Waals surface area contributed by atoms with Gasteiger partial charge in [0.15, 0.2) is 0 Å². The van der Waals surface area contributed by atoms with E-state index < -0.39 is 10.3 Å². The van der Waals surface area contributed by atoms with E-state index in [1.807, 2.05) is 30.3 Å². The maximum Gasteiger partial charge on any atom is 0.330 e. The van der Waals surface area contributed by atoms with Gasteiger partial charge in [-0.3, -0.25) is 4.79 Å². The lowest BCUT2D eigenvalue weighted by molar-refractivity contribution is -0.137. The lowest BCUT2D eigenvalue weighted by atomic mass is 10.1. The molecule has 0 spiro atoms. The van der Waals surface area contributed by atoms with Crippen LogP contribution in [0.25, 0.3) is 0 Å². The van der Waals surface area contributed by atoms with Gasteiger partial charge in [0, 0.05) is 18.3 Å². The topological polar surface area (TPSA) is 46.6 Å². The molecule has 1 rings (SSSR count). The van der Waals surface area contributed by atoms with Gasteiger partial charge in [-0.1, -0.05) is 40.2 Å². The summed E-state index contributed by atoms with van der Waals surface area (Å²) in [5.74, 6) is -0.488. The van der Waals surface area contributed by atoms with Gasteiger partial charge in [0.2, 0.25) is 5.91 Å². The first kappa shape index (κ1) is 17.4. The molecule has 5 heteroatoms. The predicted octanol–water partition coefficient (Wildman–Crippen LogP) is 3.31. The Hall–Kier alpha value is -1.62. The van der Waals surface area contributed by atoms with Crippen molar-refractivity contribution < 1.29 is 14.3 Å². The zero-order valence-corrected chi connectivity index (χ0v) is 14.1. The van der Waals surface area contributed by atoms with Crippen LogP contribution in [0.4, 0.5) is 5.69 Å². The number of hydrogen-bond donors (Lipinski definition) is 0. The minimum atomic E-state index is -0.680. The van der Waals surface area contributed by atoms with Crippen LogP contribution in [0.2, 0.25) is 0 Å². The van der Waals surface area contributed by atoms with E-state index >= 15 is 0 Å². The molecule has 21 heavy (non-hydrogen) atoms. The highest BCUT2D eigenvalue weighted by atomic mass is 79.9. The van der Waals surface area contributed by atoms with Crippen LogP contribution in [-0.2, 0) is 14.3 Å². The average Bonchev–Trinajstić information content (AvgIpc) is 2.43. The van der Waals surface area contributed by atoms with Gasteiger partial charge in [0.1, 0.15) is 0 Å². The Bertz CT molecular complexity index is 506. The fourth-order valence-corrected chi connectivity index (χ4v) is 1.89. The summed E-state index contributed by atoms with van der Waals surface area (Å²) < 4.78 is 4.14. The second-order valence-electron chi connectivity index (χ2n) is 4.88. The molecule has 0 aromatic heterocycles. The minimum absolute atomic E-state index is 0.0813. The van der Waals surface area contributed by atoms with Crippen LogP contribution in [0, 0.1) is 0 Å². The van der Waals surface area contributed by atoms with Crippen LogP contribution < -0.4 is 4.90 Å². The van der Waals surface area contributed by atoms with Crippen molar-refractivity contribution in [1.29, 1.82) is 0 Å². The van der Waals surface area contributed by atoms with Crippen LogP contribution in [0.5, 0.6) is 0 Å². The molecule has 0 saturated carbocycles. The molecular formula is C16H20BrNO3. The fraction of sp³-hybridized carbons (Fsp3) is 0.375. The molecule has 4 nitrogen and oxygen atoms in total. The van der Waals surface area contributed by atoms with Gasteiger partial charge in [-0.25, -0.2) is 4.79 Å². The number of ether oxygens (including phenoxy) is 1. The van der Waals surface area contributed by atoms with E-state index in [0.29, 0.717) is 13.2 Å². The minimum Gasteiger partial charge on any atom is -0.463 e. The summed E-state index contributed by atoms with van der Waals surface area (Å²) in [7, 11) is 0. The molecule has 114 valence electrons. The van der Waals surface area contributed by atoms with Gasteiger partial charge < -0.3 is 9.64 Å². The molecule has 0 atom stereocenters. The first-order valence-electron chi connectivity index (χ1n) is 6.75. The number of alkyl halides is 1. The number of para-hydroxylation sites is 1. The van der Waals surface area contributed by atoms with E-state index in [-0.39, 0.29) is 5.91 Å². The molecule has 0 aliphatic heterocycles. The number of carbonyl (C=O) groups is 2. The SMILES string of the molecule is CCOC(=O)/C=C/CN(C(=O)C(C)(C)Br)c1ccccc1. The second-order valence-corrected chi connectivity index (χ2v) is 6.86. The Labute approximate surface area is 133 Å². The second kappa shape index (κ2) is 7.98. The van der Waals surface area contributed by atoms with Crippen LogP contribution in [0.3, 0.4) is 0 Å². The highest BCUT2D eigenvalue weighted by Crippen LogP contribution is 2.23. The zero-order chi connectivity index (χ0) is 15.9. The largest absolute Gasteiger partial charge is 0.463 e. The molecule has 0 unspecified atom stereocenters. The molecule has 0 bridgehead atoms. The smallest absolute Gasteiger partial charge is 0.330 e. The number of amides is 1. The standard InChI is InChI=1S/C16H20BrNO3/c1-4-21-14(19)11-8-12-18(15(20)16(2,3)17)13-9-6-5-7-10-13/h5-11H,4,12H2,1-3H3/b11-8+. The number of carbonyl (C=O) groups excluding carboxylic acids is 2. The van der Waals surface area contributed by atoms with Crippen molar-refractivity contribution in [3.63, 3.8) is 0 Å². The van der Waals surface area contributed by atoms with E-state index in [1.165, 1.54) is 6.08 Å². The number of rotatable bonds is 6. The zero-order valence-electron chi connectivity index (χ0n) is 12.5. The third-order valence-corrected chi connectivity index (χ3v) is 2.99. The Balaban J connectivity index is 2.89. The van der Waals surface area contributed by atoms with Crippen molar-refractivity contribution in [3.8, 4) is 0 Å². The number of hydrogen-bond acceptors (Lipinski definition) is 3. The number of nitrogens with zero attached hydrogens (tertiary/aromatic N) is 1. The van der Waals surface area contributed by atoms with Crippen molar-refractivity contribution in [1.82, 2.24) is 0 Å². The van der Waals surface area contributed by atoms with E-state index in [0.717, 1.165) is 5.69 Å². The molecule has 0 fully saturated rings. The number of esters is 1. The quantitative estimate of drug-likeness (QED) is 0.447. The van der Waals surface area contributed by atoms with Crippen LogP contribution in [0.15, 0.2) is 42.5 Å². The van der Waals surface area contributed by atoms with Gasteiger partial charge in [-0.2, -0.15) is 0 Å². The third kappa shape index (κ3) is 5.71. The summed E-state index contributed by atoms with van der Waals surface area (Å²) in [6.07, 6.45) is 2.97. The molecule has 1 aromatic carbocycles. The maximum atomic E-state index is 12.5. The monoisotopic (exact) mass is 353 g/mol. The molecule has 0 N–H and O–H groups in total. The van der Waals surface area contributed by atoms with E-state index in [1.54, 1.807) is 31.7 Å². The summed E-state index contributed by atoms with van der Waals surface area (Å²) in [6, 6.07) is 9.33. The Kier molecular flexibility index (Phi) is 6.62. The van der Waals surface area contributed by atoms with Gasteiger partial charge in [-0.05, 0) is 32.9 Å². The molecule has 0 radical (unpaired) electrons. The molecule has 1 amide bonds.